The zero-order valence-electron chi connectivity index (χ0n) is 18.9. The number of hydrogen-bond donors (Lipinski definition) is 0. The fourth-order valence-electron chi connectivity index (χ4n) is 6.67. The van der Waals surface area contributed by atoms with Crippen LogP contribution in [0.15, 0.2) is 108 Å². The molecule has 0 radical (unpaired) electrons. The first-order valence-electron chi connectivity index (χ1n) is 12.2. The predicted molar refractivity (Wildman–Crippen MR) is 143 cm³/mol. The van der Waals surface area contributed by atoms with E-state index in [-0.39, 0.29) is 0 Å². The molecule has 0 amide bonds. The summed E-state index contributed by atoms with van der Waals surface area (Å²) in [5, 5.41) is 4.98. The SMILES string of the molecule is C1=CCC2C(=C1)c1cccc3c4c(c2n13)c1ccccc1n4-c1cccc2c1oc1ccccc12. The van der Waals surface area contributed by atoms with Crippen molar-refractivity contribution in [2.75, 3.05) is 0 Å². The van der Waals surface area contributed by atoms with Gasteiger partial charge in [0, 0.05) is 38.9 Å². The molecule has 4 aromatic heterocycles. The first kappa shape index (κ1) is 17.9. The van der Waals surface area contributed by atoms with Crippen molar-refractivity contribution < 1.29 is 4.42 Å². The molecular weight excluding hydrogens is 428 g/mol. The molecule has 0 N–H and O–H groups in total. The van der Waals surface area contributed by atoms with E-state index >= 15 is 0 Å². The Hall–Kier alpha value is -4.50. The monoisotopic (exact) mass is 448 g/mol. The summed E-state index contributed by atoms with van der Waals surface area (Å²) in [6.45, 7) is 0. The zero-order chi connectivity index (χ0) is 22.7. The lowest BCUT2D eigenvalue weighted by Crippen LogP contribution is -1.97. The second kappa shape index (κ2) is 6.13. The average molecular weight is 449 g/mol. The van der Waals surface area contributed by atoms with Crippen molar-refractivity contribution in [1.29, 1.82) is 0 Å². The lowest BCUT2D eigenvalue weighted by Gasteiger charge is -2.14. The van der Waals surface area contributed by atoms with Gasteiger partial charge in [0.25, 0.3) is 0 Å². The number of fused-ring (bicyclic) bond motifs is 11. The number of furan rings is 1. The molecule has 2 aliphatic rings. The number of benzene rings is 3. The highest BCUT2D eigenvalue weighted by atomic mass is 16.3. The summed E-state index contributed by atoms with van der Waals surface area (Å²) < 4.78 is 11.4. The third-order valence-electron chi connectivity index (χ3n) is 8.01. The van der Waals surface area contributed by atoms with Gasteiger partial charge in [0.15, 0.2) is 5.58 Å². The van der Waals surface area contributed by atoms with Gasteiger partial charge in [-0.05, 0) is 42.3 Å². The van der Waals surface area contributed by atoms with Crippen LogP contribution in [0.4, 0.5) is 0 Å². The zero-order valence-corrected chi connectivity index (χ0v) is 18.9. The van der Waals surface area contributed by atoms with Crippen LogP contribution in [0.1, 0.15) is 23.7 Å². The van der Waals surface area contributed by atoms with Gasteiger partial charge in [0.2, 0.25) is 0 Å². The van der Waals surface area contributed by atoms with Gasteiger partial charge < -0.3 is 13.4 Å². The Morgan fingerprint density at radius 2 is 1.54 bits per heavy atom. The third-order valence-corrected chi connectivity index (χ3v) is 8.01. The number of nitrogens with zero attached hydrogens (tertiary/aromatic N) is 2. The maximum Gasteiger partial charge on any atom is 0.159 e. The van der Waals surface area contributed by atoms with Crippen molar-refractivity contribution in [3.05, 3.63) is 115 Å². The number of allylic oxidation sites excluding steroid dienone is 4. The lowest BCUT2D eigenvalue weighted by atomic mass is 9.88. The summed E-state index contributed by atoms with van der Waals surface area (Å²) in [4.78, 5) is 0. The minimum Gasteiger partial charge on any atom is -0.454 e. The van der Waals surface area contributed by atoms with Crippen LogP contribution in [-0.4, -0.2) is 8.97 Å². The van der Waals surface area contributed by atoms with Crippen molar-refractivity contribution in [2.45, 2.75) is 12.3 Å². The summed E-state index contributed by atoms with van der Waals surface area (Å²) in [6, 6.07) is 30.4. The number of para-hydroxylation sites is 3. The molecule has 0 bridgehead atoms. The highest BCUT2D eigenvalue weighted by Crippen LogP contribution is 2.51. The van der Waals surface area contributed by atoms with E-state index in [4.69, 9.17) is 4.42 Å². The largest absolute Gasteiger partial charge is 0.454 e. The van der Waals surface area contributed by atoms with Crippen LogP contribution in [0.2, 0.25) is 0 Å². The Bertz CT molecular complexity index is 2090. The molecule has 164 valence electrons. The van der Waals surface area contributed by atoms with Gasteiger partial charge in [-0.3, -0.25) is 0 Å². The van der Waals surface area contributed by atoms with Crippen molar-refractivity contribution in [3.8, 4) is 5.69 Å². The third kappa shape index (κ3) is 2.04. The number of aromatic nitrogens is 2. The van der Waals surface area contributed by atoms with Crippen LogP contribution in [0.5, 0.6) is 0 Å². The molecule has 7 aromatic rings. The van der Waals surface area contributed by atoms with E-state index in [0.717, 1.165) is 34.0 Å². The molecule has 1 aliphatic carbocycles. The highest BCUT2D eigenvalue weighted by Gasteiger charge is 2.35. The Balaban J connectivity index is 1.52. The molecule has 1 unspecified atom stereocenters. The predicted octanol–water partition coefficient (Wildman–Crippen LogP) is 8.38. The Kier molecular flexibility index (Phi) is 3.14. The van der Waals surface area contributed by atoms with E-state index in [2.05, 4.69) is 106 Å². The summed E-state index contributed by atoms with van der Waals surface area (Å²) >= 11 is 0. The molecule has 0 saturated carbocycles. The Labute approximate surface area is 200 Å². The molecule has 3 nitrogen and oxygen atoms in total. The van der Waals surface area contributed by atoms with Crippen molar-refractivity contribution in [2.24, 2.45) is 0 Å². The molecule has 1 aliphatic heterocycles. The molecule has 35 heavy (non-hydrogen) atoms. The summed E-state index contributed by atoms with van der Waals surface area (Å²) in [5.41, 5.74) is 10.9. The van der Waals surface area contributed by atoms with E-state index in [1.807, 2.05) is 6.07 Å². The first-order chi connectivity index (χ1) is 17.4. The molecule has 0 fully saturated rings. The van der Waals surface area contributed by atoms with E-state index in [1.165, 1.54) is 44.3 Å². The molecule has 3 heteroatoms. The quantitative estimate of drug-likeness (QED) is 0.247. The average Bonchev–Trinajstić information content (AvgIpc) is 3.63. The molecule has 0 spiro atoms. The standard InChI is InChI=1S/C32H20N2O/c1-2-11-21-19(9-1)24-15-8-16-26-31-29(30(21)33(24)26)23-12-3-5-14-25(23)34(31)27-17-7-13-22-20-10-4-6-18-28(20)35-32(22)27/h1-10,12-18,21H,11H2. The van der Waals surface area contributed by atoms with Crippen molar-refractivity contribution in [1.82, 2.24) is 8.97 Å². The fraction of sp³-hybridized carbons (Fsp3) is 0.0625. The van der Waals surface area contributed by atoms with E-state index in [9.17, 15) is 0 Å². The van der Waals surface area contributed by atoms with Gasteiger partial charge in [0.1, 0.15) is 5.58 Å². The van der Waals surface area contributed by atoms with Gasteiger partial charge in [-0.15, -0.1) is 0 Å². The van der Waals surface area contributed by atoms with Crippen LogP contribution >= 0.6 is 0 Å². The van der Waals surface area contributed by atoms with E-state index < -0.39 is 0 Å². The van der Waals surface area contributed by atoms with Gasteiger partial charge in [-0.1, -0.05) is 72.8 Å². The smallest absolute Gasteiger partial charge is 0.159 e. The van der Waals surface area contributed by atoms with Crippen LogP contribution in [0.3, 0.4) is 0 Å². The maximum absolute atomic E-state index is 6.50. The fourth-order valence-corrected chi connectivity index (χ4v) is 6.67. The Morgan fingerprint density at radius 1 is 0.743 bits per heavy atom. The van der Waals surface area contributed by atoms with Gasteiger partial charge in [-0.2, -0.15) is 0 Å². The topological polar surface area (TPSA) is 22.5 Å². The van der Waals surface area contributed by atoms with Gasteiger partial charge in [-0.25, -0.2) is 0 Å². The molecule has 0 saturated heterocycles. The number of pyridine rings is 1. The highest BCUT2D eigenvalue weighted by molar-refractivity contribution is 6.19. The lowest BCUT2D eigenvalue weighted by molar-refractivity contribution is 0.666. The summed E-state index contributed by atoms with van der Waals surface area (Å²) in [6.07, 6.45) is 7.86. The molecule has 9 rings (SSSR count). The molecular formula is C32H20N2O. The second-order valence-corrected chi connectivity index (χ2v) is 9.68. The normalized spacial score (nSPS) is 16.8. The summed E-state index contributed by atoms with van der Waals surface area (Å²) in [5.74, 6) is 0.392. The van der Waals surface area contributed by atoms with Crippen LogP contribution < -0.4 is 0 Å². The van der Waals surface area contributed by atoms with Crippen LogP contribution in [-0.2, 0) is 0 Å². The maximum atomic E-state index is 6.50. The van der Waals surface area contributed by atoms with Crippen LogP contribution in [0.25, 0.3) is 60.5 Å². The van der Waals surface area contributed by atoms with Crippen molar-refractivity contribution in [3.63, 3.8) is 0 Å². The number of hydrogen-bond acceptors (Lipinski definition) is 1. The minimum absolute atomic E-state index is 0.392. The molecule has 3 aromatic carbocycles. The van der Waals surface area contributed by atoms with E-state index in [1.54, 1.807) is 0 Å². The first-order valence-corrected chi connectivity index (χ1v) is 12.2. The number of rotatable bonds is 1. The molecule has 5 heterocycles. The summed E-state index contributed by atoms with van der Waals surface area (Å²) in [7, 11) is 0. The van der Waals surface area contributed by atoms with E-state index in [0.29, 0.717) is 5.92 Å². The Morgan fingerprint density at radius 3 is 2.51 bits per heavy atom. The van der Waals surface area contributed by atoms with Crippen molar-refractivity contribution >= 4 is 54.8 Å². The van der Waals surface area contributed by atoms with Gasteiger partial charge in [0.05, 0.1) is 22.2 Å². The minimum atomic E-state index is 0.392. The second-order valence-electron chi connectivity index (χ2n) is 9.68. The molecule has 1 atom stereocenters. The van der Waals surface area contributed by atoms with Crippen LogP contribution in [0, 0.1) is 0 Å². The van der Waals surface area contributed by atoms with Gasteiger partial charge >= 0.3 is 0 Å².